The third-order valence-corrected chi connectivity index (χ3v) is 1.26. The molecule has 2 heteroatoms. The SMILES string of the molecule is CC(C)[C@@H](C)NN. The molecular weight excluding hydrogens is 88.1 g/mol. The van der Waals surface area contributed by atoms with Crippen LogP contribution in [0, 0.1) is 5.92 Å². The monoisotopic (exact) mass is 102 g/mol. The summed E-state index contributed by atoms with van der Waals surface area (Å²) in [5, 5.41) is 0. The van der Waals surface area contributed by atoms with Crippen LogP contribution >= 0.6 is 0 Å². The van der Waals surface area contributed by atoms with Crippen LogP contribution in [0.5, 0.6) is 0 Å². The summed E-state index contributed by atoms with van der Waals surface area (Å²) >= 11 is 0. The molecule has 0 amide bonds. The van der Waals surface area contributed by atoms with E-state index in [1.807, 2.05) is 0 Å². The van der Waals surface area contributed by atoms with Gasteiger partial charge in [0.1, 0.15) is 0 Å². The summed E-state index contributed by atoms with van der Waals surface area (Å²) in [6.45, 7) is 6.32. The number of nitrogens with one attached hydrogen (secondary N) is 1. The normalized spacial score (nSPS) is 15.0. The highest BCUT2D eigenvalue weighted by Crippen LogP contribution is 1.96. The Hall–Kier alpha value is -0.0800. The van der Waals surface area contributed by atoms with Crippen molar-refractivity contribution < 1.29 is 0 Å². The molecule has 0 aromatic carbocycles. The molecule has 0 aliphatic rings. The van der Waals surface area contributed by atoms with Gasteiger partial charge in [-0.1, -0.05) is 13.8 Å². The fourth-order valence-corrected chi connectivity index (χ4v) is 0.192. The largest absolute Gasteiger partial charge is 0.271 e. The zero-order valence-electron chi connectivity index (χ0n) is 5.23. The number of hydrazine groups is 1. The lowest BCUT2D eigenvalue weighted by Crippen LogP contribution is -2.36. The lowest BCUT2D eigenvalue weighted by atomic mass is 10.1. The van der Waals surface area contributed by atoms with Gasteiger partial charge in [-0.05, 0) is 12.8 Å². The second-order valence-electron chi connectivity index (χ2n) is 2.20. The minimum Gasteiger partial charge on any atom is -0.271 e. The maximum atomic E-state index is 5.12. The molecule has 0 rings (SSSR count). The molecular formula is C5H14N2. The Morgan fingerprint density at radius 3 is 1.71 bits per heavy atom. The molecule has 0 heterocycles. The van der Waals surface area contributed by atoms with Crippen molar-refractivity contribution in [2.24, 2.45) is 11.8 Å². The second-order valence-corrected chi connectivity index (χ2v) is 2.20. The molecule has 1 atom stereocenters. The molecule has 0 spiro atoms. The molecule has 0 aromatic heterocycles. The number of hydrogen-bond donors (Lipinski definition) is 2. The van der Waals surface area contributed by atoms with Gasteiger partial charge in [-0.2, -0.15) is 0 Å². The van der Waals surface area contributed by atoms with E-state index in [0.717, 1.165) is 0 Å². The Kier molecular flexibility index (Phi) is 2.96. The standard InChI is InChI=1S/C5H14N2/c1-4(2)5(3)7-6/h4-5,7H,6H2,1-3H3/t5-/m1/s1. The van der Waals surface area contributed by atoms with E-state index in [1.54, 1.807) is 0 Å². The van der Waals surface area contributed by atoms with Crippen LogP contribution in [0.1, 0.15) is 20.8 Å². The minimum absolute atomic E-state index is 0.431. The predicted octanol–water partition coefficient (Wildman–Crippen LogP) is 0.494. The van der Waals surface area contributed by atoms with Gasteiger partial charge < -0.3 is 0 Å². The van der Waals surface area contributed by atoms with Crippen molar-refractivity contribution in [2.45, 2.75) is 26.8 Å². The first kappa shape index (κ1) is 6.92. The number of rotatable bonds is 2. The first-order chi connectivity index (χ1) is 3.18. The Bertz CT molecular complexity index is 43.3. The molecule has 0 radical (unpaired) electrons. The summed E-state index contributed by atoms with van der Waals surface area (Å²) in [6.07, 6.45) is 0. The molecule has 7 heavy (non-hydrogen) atoms. The van der Waals surface area contributed by atoms with Crippen molar-refractivity contribution in [1.29, 1.82) is 0 Å². The van der Waals surface area contributed by atoms with Crippen LogP contribution in [0.25, 0.3) is 0 Å². The third-order valence-electron chi connectivity index (χ3n) is 1.26. The van der Waals surface area contributed by atoms with Gasteiger partial charge in [0.25, 0.3) is 0 Å². The van der Waals surface area contributed by atoms with Gasteiger partial charge in [0.05, 0.1) is 0 Å². The average molecular weight is 102 g/mol. The van der Waals surface area contributed by atoms with E-state index < -0.39 is 0 Å². The second kappa shape index (κ2) is 2.99. The average Bonchev–Trinajstić information content (AvgIpc) is 1.65. The molecule has 2 nitrogen and oxygen atoms in total. The van der Waals surface area contributed by atoms with E-state index in [4.69, 9.17) is 5.84 Å². The van der Waals surface area contributed by atoms with E-state index in [0.29, 0.717) is 12.0 Å². The molecule has 0 aromatic rings. The Morgan fingerprint density at radius 2 is 1.71 bits per heavy atom. The van der Waals surface area contributed by atoms with Gasteiger partial charge in [-0.15, -0.1) is 0 Å². The van der Waals surface area contributed by atoms with E-state index in [-0.39, 0.29) is 0 Å². The highest BCUT2D eigenvalue weighted by Gasteiger charge is 2.00. The smallest absolute Gasteiger partial charge is 0.0205 e. The summed E-state index contributed by atoms with van der Waals surface area (Å²) in [6, 6.07) is 0.431. The van der Waals surface area contributed by atoms with E-state index >= 15 is 0 Å². The summed E-state index contributed by atoms with van der Waals surface area (Å²) < 4.78 is 0. The molecule has 0 fully saturated rings. The molecule has 0 bridgehead atoms. The summed E-state index contributed by atoms with van der Waals surface area (Å²) in [5.74, 6) is 5.75. The summed E-state index contributed by atoms with van der Waals surface area (Å²) in [7, 11) is 0. The first-order valence-electron chi connectivity index (χ1n) is 2.64. The van der Waals surface area contributed by atoms with Crippen LogP contribution in [0.15, 0.2) is 0 Å². The Balaban J connectivity index is 3.14. The molecule has 0 saturated heterocycles. The molecule has 0 unspecified atom stereocenters. The van der Waals surface area contributed by atoms with Gasteiger partial charge in [0, 0.05) is 6.04 Å². The van der Waals surface area contributed by atoms with Crippen LogP contribution in [0.2, 0.25) is 0 Å². The van der Waals surface area contributed by atoms with Crippen molar-refractivity contribution in [3.8, 4) is 0 Å². The van der Waals surface area contributed by atoms with E-state index in [9.17, 15) is 0 Å². The first-order valence-corrected chi connectivity index (χ1v) is 2.64. The molecule has 0 aliphatic carbocycles. The highest BCUT2D eigenvalue weighted by molar-refractivity contribution is 4.58. The van der Waals surface area contributed by atoms with Crippen LogP contribution in [0.4, 0.5) is 0 Å². The predicted molar refractivity (Wildman–Crippen MR) is 31.6 cm³/mol. The van der Waals surface area contributed by atoms with Crippen molar-refractivity contribution in [1.82, 2.24) is 5.43 Å². The fraction of sp³-hybridized carbons (Fsp3) is 1.00. The zero-order valence-corrected chi connectivity index (χ0v) is 5.23. The lowest BCUT2D eigenvalue weighted by molar-refractivity contribution is 0.437. The van der Waals surface area contributed by atoms with Crippen LogP contribution in [-0.2, 0) is 0 Å². The lowest BCUT2D eigenvalue weighted by Gasteiger charge is -2.12. The third kappa shape index (κ3) is 2.60. The van der Waals surface area contributed by atoms with Crippen molar-refractivity contribution in [3.63, 3.8) is 0 Å². The van der Waals surface area contributed by atoms with Crippen LogP contribution in [0.3, 0.4) is 0 Å². The maximum absolute atomic E-state index is 5.12. The van der Waals surface area contributed by atoms with Gasteiger partial charge >= 0.3 is 0 Å². The minimum atomic E-state index is 0.431. The quantitative estimate of drug-likeness (QED) is 0.393. The van der Waals surface area contributed by atoms with Crippen molar-refractivity contribution in [2.75, 3.05) is 0 Å². The summed E-state index contributed by atoms with van der Waals surface area (Å²) in [5.41, 5.74) is 2.66. The van der Waals surface area contributed by atoms with Crippen LogP contribution in [-0.4, -0.2) is 6.04 Å². The van der Waals surface area contributed by atoms with Gasteiger partial charge in [0.2, 0.25) is 0 Å². The van der Waals surface area contributed by atoms with E-state index in [2.05, 4.69) is 26.2 Å². The Morgan fingerprint density at radius 1 is 1.29 bits per heavy atom. The van der Waals surface area contributed by atoms with Gasteiger partial charge in [-0.25, -0.2) is 0 Å². The molecule has 0 aliphatic heterocycles. The highest BCUT2D eigenvalue weighted by atomic mass is 15.2. The molecule has 44 valence electrons. The van der Waals surface area contributed by atoms with Crippen molar-refractivity contribution >= 4 is 0 Å². The zero-order chi connectivity index (χ0) is 5.86. The topological polar surface area (TPSA) is 38.0 Å². The van der Waals surface area contributed by atoms with Crippen molar-refractivity contribution in [3.05, 3.63) is 0 Å². The number of nitrogens with two attached hydrogens (primary N) is 1. The van der Waals surface area contributed by atoms with Crippen LogP contribution < -0.4 is 11.3 Å². The Labute approximate surface area is 45.1 Å². The summed E-state index contributed by atoms with van der Waals surface area (Å²) in [4.78, 5) is 0. The fourth-order valence-electron chi connectivity index (χ4n) is 0.192. The van der Waals surface area contributed by atoms with E-state index in [1.165, 1.54) is 0 Å². The maximum Gasteiger partial charge on any atom is 0.0205 e. The molecule has 0 saturated carbocycles. The van der Waals surface area contributed by atoms with Gasteiger partial charge in [-0.3, -0.25) is 11.3 Å². The molecule has 3 N–H and O–H groups in total. The van der Waals surface area contributed by atoms with Gasteiger partial charge in [0.15, 0.2) is 0 Å². The number of hydrogen-bond acceptors (Lipinski definition) is 2.